The summed E-state index contributed by atoms with van der Waals surface area (Å²) in [4.78, 5) is 1.09. The van der Waals surface area contributed by atoms with Gasteiger partial charge in [0, 0.05) is 24.1 Å². The summed E-state index contributed by atoms with van der Waals surface area (Å²) >= 11 is 0. The van der Waals surface area contributed by atoms with Crippen molar-refractivity contribution in [1.82, 2.24) is 4.31 Å². The van der Waals surface area contributed by atoms with Gasteiger partial charge in [0.1, 0.15) is 0 Å². The maximum Gasteiger partial charge on any atom is 0.211 e. The van der Waals surface area contributed by atoms with E-state index in [1.54, 1.807) is 0 Å². The molecule has 0 N–H and O–H groups in total. The fourth-order valence-corrected chi connectivity index (χ4v) is 4.19. The second-order valence-electron chi connectivity index (χ2n) is 5.06. The molecule has 0 saturated heterocycles. The Morgan fingerprint density at radius 1 is 0.913 bits per heavy atom. The van der Waals surface area contributed by atoms with E-state index < -0.39 is 0 Å². The van der Waals surface area contributed by atoms with Crippen LogP contribution in [0.3, 0.4) is 0 Å². The molecule has 23 heavy (non-hydrogen) atoms. The molecule has 2 aliphatic rings. The van der Waals surface area contributed by atoms with Crippen LogP contribution in [-0.4, -0.2) is 22.1 Å². The van der Waals surface area contributed by atoms with E-state index in [9.17, 15) is 0 Å². The number of anilines is 1. The van der Waals surface area contributed by atoms with Crippen molar-refractivity contribution in [3.05, 3.63) is 72.9 Å². The van der Waals surface area contributed by atoms with Crippen LogP contribution < -0.4 is 4.41 Å². The lowest BCUT2D eigenvalue weighted by Crippen LogP contribution is -2.14. The van der Waals surface area contributed by atoms with Crippen molar-refractivity contribution >= 4 is 32.9 Å². The number of hydrazone groups is 1. The molecule has 4 rings (SSSR count). The van der Waals surface area contributed by atoms with E-state index in [4.69, 9.17) is 0 Å². The summed E-state index contributed by atoms with van der Waals surface area (Å²) in [6.45, 7) is 0. The first kappa shape index (κ1) is 13.9. The molecule has 2 aromatic carbocycles. The molecule has 0 aromatic heterocycles. The highest BCUT2D eigenvalue weighted by Crippen LogP contribution is 2.40. The maximum absolute atomic E-state index is 4.68. The molecule has 0 radical (unpaired) electrons. The van der Waals surface area contributed by atoms with E-state index in [0.717, 1.165) is 16.2 Å². The molecule has 0 bridgehead atoms. The van der Waals surface area contributed by atoms with E-state index in [-0.39, 0.29) is 10.9 Å². The number of azo groups is 1. The van der Waals surface area contributed by atoms with Gasteiger partial charge in [0.15, 0.2) is 0 Å². The lowest BCUT2D eigenvalue weighted by atomic mass is 10.3. The Kier molecular flexibility index (Phi) is 3.51. The van der Waals surface area contributed by atoms with E-state index >= 15 is 0 Å². The first-order valence-electron chi connectivity index (χ1n) is 7.26. The van der Waals surface area contributed by atoms with Crippen LogP contribution in [0.4, 0.5) is 11.4 Å². The Hall–Kier alpha value is -2.73. The zero-order chi connectivity index (χ0) is 15.6. The largest absolute Gasteiger partial charge is 0.314 e. The van der Waals surface area contributed by atoms with Gasteiger partial charge in [-0.05, 0) is 30.3 Å². The SMILES string of the molecule is CN1C=CC2=S1N(c1ccccc1)N=C2N=Nc1ccccc1. The molecule has 0 spiro atoms. The summed E-state index contributed by atoms with van der Waals surface area (Å²) < 4.78 is 4.16. The zero-order valence-electron chi connectivity index (χ0n) is 12.6. The first-order valence-corrected chi connectivity index (χ1v) is 8.40. The van der Waals surface area contributed by atoms with Crippen LogP contribution in [0.15, 0.2) is 88.3 Å². The number of rotatable bonds is 2. The summed E-state index contributed by atoms with van der Waals surface area (Å²) in [7, 11) is 1.78. The third kappa shape index (κ3) is 2.57. The van der Waals surface area contributed by atoms with Crippen molar-refractivity contribution in [1.29, 1.82) is 0 Å². The molecule has 2 aliphatic heterocycles. The second-order valence-corrected chi connectivity index (χ2v) is 6.95. The molecular formula is C17H15N5S. The number of hydrogen-bond acceptors (Lipinski definition) is 5. The molecule has 2 aromatic rings. The van der Waals surface area contributed by atoms with Crippen LogP contribution in [0.25, 0.3) is 0 Å². The van der Waals surface area contributed by atoms with Crippen LogP contribution in [0, 0.1) is 0 Å². The molecule has 114 valence electrons. The quantitative estimate of drug-likeness (QED) is 0.610. The third-order valence-corrected chi connectivity index (χ3v) is 5.47. The minimum absolute atomic E-state index is 0.275. The summed E-state index contributed by atoms with van der Waals surface area (Å²) in [5, 5.41) is 13.4. The molecule has 6 heteroatoms. The Bertz CT molecular complexity index is 840. The standard InChI is InChI=1S/C17H15N5S/c1-21-13-12-16-17(19-18-14-8-4-2-5-9-14)20-22(23(16)21)15-10-6-3-7-11-15/h2-13H,1H3. The lowest BCUT2D eigenvalue weighted by Gasteiger charge is -2.23. The normalized spacial score (nSPS) is 19.6. The zero-order valence-corrected chi connectivity index (χ0v) is 13.4. The minimum atomic E-state index is -0.275. The van der Waals surface area contributed by atoms with Gasteiger partial charge in [-0.15, -0.1) is 15.3 Å². The third-order valence-electron chi connectivity index (χ3n) is 3.47. The Balaban J connectivity index is 1.71. The van der Waals surface area contributed by atoms with E-state index in [1.807, 2.05) is 52.9 Å². The van der Waals surface area contributed by atoms with E-state index in [2.05, 4.69) is 51.1 Å². The predicted octanol–water partition coefficient (Wildman–Crippen LogP) is 4.33. The Morgan fingerprint density at radius 3 is 2.35 bits per heavy atom. The van der Waals surface area contributed by atoms with Gasteiger partial charge in [-0.3, -0.25) is 0 Å². The number of benzene rings is 2. The summed E-state index contributed by atoms with van der Waals surface area (Å²) in [6.07, 6.45) is 4.12. The minimum Gasteiger partial charge on any atom is -0.314 e. The summed E-state index contributed by atoms with van der Waals surface area (Å²) in [6, 6.07) is 19.8. The van der Waals surface area contributed by atoms with Crippen LogP contribution >= 0.6 is 10.9 Å². The number of hydrogen-bond donors (Lipinski definition) is 0. The summed E-state index contributed by atoms with van der Waals surface area (Å²) in [5.74, 6) is 0.668. The predicted molar refractivity (Wildman–Crippen MR) is 96.8 cm³/mol. The smallest absolute Gasteiger partial charge is 0.211 e. The molecule has 0 amide bonds. The van der Waals surface area contributed by atoms with Gasteiger partial charge in [-0.1, -0.05) is 36.4 Å². The molecule has 0 saturated carbocycles. The summed E-state index contributed by atoms with van der Waals surface area (Å²) in [5.41, 5.74) is 1.87. The van der Waals surface area contributed by atoms with Crippen LogP contribution in [0.2, 0.25) is 0 Å². The molecule has 1 atom stereocenters. The second kappa shape index (κ2) is 5.81. The van der Waals surface area contributed by atoms with Crippen molar-refractivity contribution in [2.45, 2.75) is 0 Å². The van der Waals surface area contributed by atoms with Gasteiger partial charge in [0.2, 0.25) is 5.84 Å². The van der Waals surface area contributed by atoms with E-state index in [0.29, 0.717) is 5.84 Å². The lowest BCUT2D eigenvalue weighted by molar-refractivity contribution is 0.773. The topological polar surface area (TPSA) is 43.6 Å². The fraction of sp³-hybridized carbons (Fsp3) is 0.0588. The number of para-hydroxylation sites is 1. The van der Waals surface area contributed by atoms with Gasteiger partial charge >= 0.3 is 0 Å². The fourth-order valence-electron chi connectivity index (χ4n) is 2.37. The van der Waals surface area contributed by atoms with Crippen molar-refractivity contribution in [3.8, 4) is 0 Å². The molecule has 2 heterocycles. The average Bonchev–Trinajstić information content (AvgIpc) is 3.16. The van der Waals surface area contributed by atoms with Gasteiger partial charge in [-0.25, -0.2) is 0 Å². The van der Waals surface area contributed by atoms with Crippen molar-refractivity contribution in [2.24, 2.45) is 15.3 Å². The van der Waals surface area contributed by atoms with Gasteiger partial charge in [-0.2, -0.15) is 4.41 Å². The number of nitrogens with zero attached hydrogens (tertiary/aromatic N) is 5. The molecule has 5 nitrogen and oxygen atoms in total. The van der Waals surface area contributed by atoms with Crippen molar-refractivity contribution in [2.75, 3.05) is 11.5 Å². The maximum atomic E-state index is 4.68. The molecule has 0 aliphatic carbocycles. The highest BCUT2D eigenvalue weighted by atomic mass is 32.2. The van der Waals surface area contributed by atoms with Gasteiger partial charge < -0.3 is 4.31 Å². The highest BCUT2D eigenvalue weighted by Gasteiger charge is 2.30. The van der Waals surface area contributed by atoms with E-state index in [1.165, 1.54) is 0 Å². The molecular weight excluding hydrogens is 306 g/mol. The van der Waals surface area contributed by atoms with Gasteiger partial charge in [0.05, 0.1) is 16.2 Å². The monoisotopic (exact) mass is 321 g/mol. The Labute approximate surface area is 137 Å². The molecule has 0 fully saturated rings. The van der Waals surface area contributed by atoms with Gasteiger partial charge in [0.25, 0.3) is 0 Å². The highest BCUT2D eigenvalue weighted by molar-refractivity contribution is 8.17. The molecule has 1 unspecified atom stereocenters. The first-order chi connectivity index (χ1) is 11.3. The van der Waals surface area contributed by atoms with Crippen molar-refractivity contribution in [3.63, 3.8) is 0 Å². The number of amidine groups is 1. The van der Waals surface area contributed by atoms with Crippen LogP contribution in [-0.2, 0) is 0 Å². The van der Waals surface area contributed by atoms with Crippen molar-refractivity contribution < 1.29 is 0 Å². The average molecular weight is 321 g/mol. The van der Waals surface area contributed by atoms with Crippen LogP contribution in [0.1, 0.15) is 0 Å². The Morgan fingerprint density at radius 2 is 1.61 bits per heavy atom. The van der Waals surface area contributed by atoms with Crippen LogP contribution in [0.5, 0.6) is 0 Å².